The number of hydrogen-bond acceptors (Lipinski definition) is 3. The third-order valence-corrected chi connectivity index (χ3v) is 3.44. The first-order chi connectivity index (χ1) is 10.9. The topological polar surface area (TPSA) is 101 Å². The van der Waals surface area contributed by atoms with Crippen LogP contribution in [0.1, 0.15) is 56.3 Å². The van der Waals surface area contributed by atoms with Gasteiger partial charge >= 0.3 is 0 Å². The number of nitrogens with two attached hydrogens (primary N) is 1. The molecular weight excluding hydrogens is 294 g/mol. The number of amides is 3. The van der Waals surface area contributed by atoms with Crippen LogP contribution in [0.4, 0.5) is 5.69 Å². The summed E-state index contributed by atoms with van der Waals surface area (Å²) in [6.07, 6.45) is 4.58. The lowest BCUT2D eigenvalue weighted by Crippen LogP contribution is -2.44. The van der Waals surface area contributed by atoms with E-state index in [-0.39, 0.29) is 11.8 Å². The number of primary amides is 1. The van der Waals surface area contributed by atoms with Gasteiger partial charge in [-0.05, 0) is 24.6 Å². The van der Waals surface area contributed by atoms with Crippen molar-refractivity contribution in [3.05, 3.63) is 29.8 Å². The molecule has 1 aromatic rings. The molecule has 0 radical (unpaired) electrons. The largest absolute Gasteiger partial charge is 0.368 e. The van der Waals surface area contributed by atoms with Crippen molar-refractivity contribution in [2.45, 2.75) is 52.0 Å². The maximum Gasteiger partial charge on any atom is 0.252 e. The maximum atomic E-state index is 12.3. The molecule has 1 aromatic carbocycles. The van der Waals surface area contributed by atoms with E-state index in [1.54, 1.807) is 24.3 Å². The Balaban J connectivity index is 2.67. The first-order valence-corrected chi connectivity index (χ1v) is 7.92. The van der Waals surface area contributed by atoms with Crippen molar-refractivity contribution in [2.75, 3.05) is 5.32 Å². The monoisotopic (exact) mass is 319 g/mol. The van der Waals surface area contributed by atoms with Crippen LogP contribution >= 0.6 is 0 Å². The average molecular weight is 319 g/mol. The van der Waals surface area contributed by atoms with E-state index in [2.05, 4.69) is 17.6 Å². The van der Waals surface area contributed by atoms with Crippen LogP contribution in [-0.2, 0) is 9.59 Å². The fourth-order valence-electron chi connectivity index (χ4n) is 2.24. The summed E-state index contributed by atoms with van der Waals surface area (Å²) >= 11 is 0. The van der Waals surface area contributed by atoms with E-state index >= 15 is 0 Å². The number of anilines is 1. The van der Waals surface area contributed by atoms with Crippen molar-refractivity contribution in [1.82, 2.24) is 5.32 Å². The van der Waals surface area contributed by atoms with Gasteiger partial charge in [0.1, 0.15) is 6.04 Å². The third-order valence-electron chi connectivity index (χ3n) is 3.44. The maximum absolute atomic E-state index is 12.3. The summed E-state index contributed by atoms with van der Waals surface area (Å²) in [4.78, 5) is 34.8. The Hall–Kier alpha value is -2.37. The molecule has 0 aliphatic carbocycles. The van der Waals surface area contributed by atoms with Crippen LogP contribution in [0.15, 0.2) is 24.3 Å². The van der Waals surface area contributed by atoms with E-state index in [1.165, 1.54) is 6.92 Å². The lowest BCUT2D eigenvalue weighted by Gasteiger charge is -2.15. The molecular formula is C17H25N3O3. The molecule has 0 bridgehead atoms. The van der Waals surface area contributed by atoms with Crippen LogP contribution in [0, 0.1) is 0 Å². The predicted molar refractivity (Wildman–Crippen MR) is 90.0 cm³/mol. The standard InChI is InChI=1S/C17H25N3O3/c1-3-4-5-6-10-15(16(18)22)20-17(23)13-8-7-9-14(11-13)19-12(2)21/h7-9,11,15H,3-6,10H2,1-2H3,(H2,18,22)(H,19,21)(H,20,23)/t15-/m1/s1. The van der Waals surface area contributed by atoms with E-state index in [1.807, 2.05) is 0 Å². The van der Waals surface area contributed by atoms with Crippen molar-refractivity contribution < 1.29 is 14.4 Å². The van der Waals surface area contributed by atoms with Gasteiger partial charge < -0.3 is 16.4 Å². The SMILES string of the molecule is CCCCCC[C@@H](NC(=O)c1cccc(NC(C)=O)c1)C(N)=O. The highest BCUT2D eigenvalue weighted by Crippen LogP contribution is 2.12. The van der Waals surface area contributed by atoms with Gasteiger partial charge in [0.05, 0.1) is 0 Å². The van der Waals surface area contributed by atoms with Gasteiger partial charge in [-0.1, -0.05) is 38.7 Å². The Morgan fingerprint density at radius 1 is 1.17 bits per heavy atom. The van der Waals surface area contributed by atoms with E-state index in [0.717, 1.165) is 25.7 Å². The second-order valence-corrected chi connectivity index (χ2v) is 5.54. The molecule has 0 fully saturated rings. The van der Waals surface area contributed by atoms with E-state index < -0.39 is 11.9 Å². The molecule has 126 valence electrons. The highest BCUT2D eigenvalue weighted by molar-refractivity contribution is 5.99. The Bertz CT molecular complexity index is 558. The third kappa shape index (κ3) is 6.95. The van der Waals surface area contributed by atoms with Crippen LogP contribution in [0.2, 0.25) is 0 Å². The number of unbranched alkanes of at least 4 members (excludes halogenated alkanes) is 3. The smallest absolute Gasteiger partial charge is 0.252 e. The summed E-state index contributed by atoms with van der Waals surface area (Å²) in [5.74, 6) is -1.13. The average Bonchev–Trinajstić information content (AvgIpc) is 2.49. The minimum atomic E-state index is -0.677. The normalized spacial score (nSPS) is 11.6. The van der Waals surface area contributed by atoms with Crippen molar-refractivity contribution >= 4 is 23.4 Å². The van der Waals surface area contributed by atoms with Crippen molar-refractivity contribution in [3.63, 3.8) is 0 Å². The molecule has 1 rings (SSSR count). The molecule has 0 aliphatic rings. The van der Waals surface area contributed by atoms with E-state index in [9.17, 15) is 14.4 Å². The number of carbonyl (C=O) groups is 3. The quantitative estimate of drug-likeness (QED) is 0.608. The summed E-state index contributed by atoms with van der Waals surface area (Å²) < 4.78 is 0. The molecule has 1 atom stereocenters. The zero-order valence-corrected chi connectivity index (χ0v) is 13.7. The molecule has 0 unspecified atom stereocenters. The number of carbonyl (C=O) groups excluding carboxylic acids is 3. The molecule has 0 saturated heterocycles. The first-order valence-electron chi connectivity index (χ1n) is 7.92. The zero-order chi connectivity index (χ0) is 17.2. The first kappa shape index (κ1) is 18.7. The van der Waals surface area contributed by atoms with Gasteiger partial charge in [0.25, 0.3) is 5.91 Å². The van der Waals surface area contributed by atoms with Crippen LogP contribution in [0.25, 0.3) is 0 Å². The molecule has 23 heavy (non-hydrogen) atoms. The molecule has 0 spiro atoms. The lowest BCUT2D eigenvalue weighted by molar-refractivity contribution is -0.120. The minimum Gasteiger partial charge on any atom is -0.368 e. The lowest BCUT2D eigenvalue weighted by atomic mass is 10.1. The zero-order valence-electron chi connectivity index (χ0n) is 13.7. The second kappa shape index (κ2) is 9.61. The predicted octanol–water partition coefficient (Wildman–Crippen LogP) is 2.20. The van der Waals surface area contributed by atoms with Gasteiger partial charge in [-0.2, -0.15) is 0 Å². The van der Waals surface area contributed by atoms with Crippen molar-refractivity contribution in [1.29, 1.82) is 0 Å². The van der Waals surface area contributed by atoms with Gasteiger partial charge in [-0.15, -0.1) is 0 Å². The highest BCUT2D eigenvalue weighted by atomic mass is 16.2. The van der Waals surface area contributed by atoms with Gasteiger partial charge in [0.15, 0.2) is 0 Å². The van der Waals surface area contributed by atoms with E-state index in [4.69, 9.17) is 5.73 Å². The van der Waals surface area contributed by atoms with Gasteiger partial charge in [-0.3, -0.25) is 14.4 Å². The Labute approximate surface area is 136 Å². The number of hydrogen-bond donors (Lipinski definition) is 3. The van der Waals surface area contributed by atoms with E-state index in [0.29, 0.717) is 17.7 Å². The molecule has 0 aliphatic heterocycles. The van der Waals surface area contributed by atoms with Gasteiger partial charge in [0, 0.05) is 18.2 Å². The summed E-state index contributed by atoms with van der Waals surface area (Å²) in [6, 6.07) is 5.86. The second-order valence-electron chi connectivity index (χ2n) is 5.54. The van der Waals surface area contributed by atoms with Gasteiger partial charge in [-0.25, -0.2) is 0 Å². The van der Waals surface area contributed by atoms with Crippen LogP contribution in [-0.4, -0.2) is 23.8 Å². The fraction of sp³-hybridized carbons (Fsp3) is 0.471. The van der Waals surface area contributed by atoms with Crippen molar-refractivity contribution in [2.24, 2.45) is 5.73 Å². The van der Waals surface area contributed by atoms with Crippen LogP contribution < -0.4 is 16.4 Å². The number of rotatable bonds is 9. The highest BCUT2D eigenvalue weighted by Gasteiger charge is 2.18. The Kier molecular flexibility index (Phi) is 7.80. The minimum absolute atomic E-state index is 0.214. The summed E-state index contributed by atoms with van der Waals surface area (Å²) in [5.41, 5.74) is 6.27. The molecule has 0 heterocycles. The molecule has 6 nitrogen and oxygen atoms in total. The molecule has 0 aromatic heterocycles. The Morgan fingerprint density at radius 3 is 2.52 bits per heavy atom. The molecule has 6 heteroatoms. The summed E-state index contributed by atoms with van der Waals surface area (Å²) in [5, 5.41) is 5.28. The number of nitrogens with one attached hydrogen (secondary N) is 2. The fourth-order valence-corrected chi connectivity index (χ4v) is 2.24. The molecule has 0 saturated carbocycles. The number of benzene rings is 1. The molecule has 3 amide bonds. The van der Waals surface area contributed by atoms with Crippen LogP contribution in [0.5, 0.6) is 0 Å². The van der Waals surface area contributed by atoms with Crippen LogP contribution in [0.3, 0.4) is 0 Å². The van der Waals surface area contributed by atoms with Gasteiger partial charge in [0.2, 0.25) is 11.8 Å². The Morgan fingerprint density at radius 2 is 1.91 bits per heavy atom. The van der Waals surface area contributed by atoms with Crippen molar-refractivity contribution in [3.8, 4) is 0 Å². The molecule has 4 N–H and O–H groups in total. The summed E-state index contributed by atoms with van der Waals surface area (Å²) in [6.45, 7) is 3.50. The summed E-state index contributed by atoms with van der Waals surface area (Å²) in [7, 11) is 0.